The van der Waals surface area contributed by atoms with Gasteiger partial charge in [0.2, 0.25) is 17.7 Å². The predicted octanol–water partition coefficient (Wildman–Crippen LogP) is 7.00. The van der Waals surface area contributed by atoms with E-state index in [9.17, 15) is 28.8 Å². The first-order chi connectivity index (χ1) is 35.1. The Morgan fingerprint density at radius 1 is 0.726 bits per heavy atom. The molecule has 73 heavy (non-hydrogen) atoms. The van der Waals surface area contributed by atoms with E-state index in [0.29, 0.717) is 65.2 Å². The Bertz CT molecular complexity index is 2990. The molecule has 0 fully saturated rings. The summed E-state index contributed by atoms with van der Waals surface area (Å²) < 4.78 is 28.8. The molecular formula is C55H59N7O11. The summed E-state index contributed by atoms with van der Waals surface area (Å²) in [6.07, 6.45) is 4.31. The van der Waals surface area contributed by atoms with E-state index in [4.69, 9.17) is 29.7 Å². The van der Waals surface area contributed by atoms with Gasteiger partial charge in [0.15, 0.2) is 23.0 Å². The Hall–Kier alpha value is -8.41. The zero-order valence-corrected chi connectivity index (χ0v) is 41.6. The van der Waals surface area contributed by atoms with Crippen LogP contribution in [0.5, 0.6) is 23.0 Å². The lowest BCUT2D eigenvalue weighted by Crippen LogP contribution is -2.50. The van der Waals surface area contributed by atoms with Crippen LogP contribution in [0, 0.1) is 0 Å². The number of benzene rings is 5. The monoisotopic (exact) mass is 993 g/mol. The number of aliphatic imine (C=N–C) groups is 1. The second kappa shape index (κ2) is 22.3. The number of anilines is 4. The van der Waals surface area contributed by atoms with E-state index < -0.39 is 23.9 Å². The molecule has 380 valence electrons. The lowest BCUT2D eigenvalue weighted by atomic mass is 10.1. The summed E-state index contributed by atoms with van der Waals surface area (Å²) in [5, 5.41) is 8.16. The first kappa shape index (κ1) is 51.0. The lowest BCUT2D eigenvalue weighted by Gasteiger charge is -2.24. The quantitative estimate of drug-likeness (QED) is 0.0372. The first-order valence-corrected chi connectivity index (χ1v) is 24.1. The molecule has 5 aromatic carbocycles. The summed E-state index contributed by atoms with van der Waals surface area (Å²) >= 11 is 0. The van der Waals surface area contributed by atoms with Crippen molar-refractivity contribution < 1.29 is 52.5 Å². The number of hydrogen-bond acceptors (Lipinski definition) is 13. The van der Waals surface area contributed by atoms with Gasteiger partial charge in [-0.3, -0.25) is 38.7 Å². The number of carbonyl (C=O) groups is 6. The van der Waals surface area contributed by atoms with Crippen molar-refractivity contribution in [2.24, 2.45) is 4.99 Å². The lowest BCUT2D eigenvalue weighted by molar-refractivity contribution is -0.140. The van der Waals surface area contributed by atoms with E-state index in [-0.39, 0.29) is 84.6 Å². The predicted molar refractivity (Wildman–Crippen MR) is 275 cm³/mol. The smallest absolute Gasteiger partial charge is 0.305 e. The number of hydrogen-bond donors (Lipinski definition) is 4. The zero-order chi connectivity index (χ0) is 51.9. The van der Waals surface area contributed by atoms with Crippen LogP contribution in [0.25, 0.3) is 0 Å². The van der Waals surface area contributed by atoms with Crippen LogP contribution in [0.1, 0.15) is 89.4 Å². The van der Waals surface area contributed by atoms with Gasteiger partial charge in [0.1, 0.15) is 25.3 Å². The fraction of sp³-hybridized carbons (Fsp3) is 0.327. The van der Waals surface area contributed by atoms with E-state index in [1.807, 2.05) is 61.5 Å². The molecule has 0 radical (unpaired) electrons. The minimum Gasteiger partial charge on any atom is -0.493 e. The van der Waals surface area contributed by atoms with Gasteiger partial charge < -0.3 is 50.3 Å². The average Bonchev–Trinajstić information content (AvgIpc) is 3.89. The van der Waals surface area contributed by atoms with Crippen molar-refractivity contribution in [3.05, 3.63) is 124 Å². The van der Waals surface area contributed by atoms with E-state index in [1.165, 1.54) is 35.2 Å². The maximum atomic E-state index is 14.1. The van der Waals surface area contributed by atoms with Crippen molar-refractivity contribution in [2.75, 3.05) is 42.2 Å². The second-order valence-corrected chi connectivity index (χ2v) is 18.2. The number of nitrogens with zero attached hydrogens (tertiary/aromatic N) is 3. The van der Waals surface area contributed by atoms with Crippen molar-refractivity contribution in [3.63, 3.8) is 0 Å². The third-order valence-corrected chi connectivity index (χ3v) is 13.0. The van der Waals surface area contributed by atoms with Gasteiger partial charge in [0.05, 0.1) is 44.2 Å². The maximum absolute atomic E-state index is 14.1. The number of carbonyl (C=O) groups excluding carboxylic acids is 6. The number of rotatable bonds is 19. The summed E-state index contributed by atoms with van der Waals surface area (Å²) in [7, 11) is 4.25. The first-order valence-electron chi connectivity index (χ1n) is 24.1. The molecule has 0 bridgehead atoms. The minimum absolute atomic E-state index is 0.0387. The van der Waals surface area contributed by atoms with Crippen molar-refractivity contribution >= 4 is 70.2 Å². The van der Waals surface area contributed by atoms with E-state index in [1.54, 1.807) is 52.4 Å². The molecule has 18 nitrogen and oxygen atoms in total. The molecular weight excluding hydrogens is 935 g/mol. The molecule has 3 aliphatic rings. The standard InChI is InChI=1S/C55H59N7O11/c1-31-19-36-13-7-9-15-44(36)61(31)54(67)40-24-46(69-4)48(26-42(40)56)72-29-34-20-35(22-38(21-34)60-53(66)33(3)59-52(65)32(2)58-50(63)17-11-12-18-51(64)71-6)30-73-49-27-43-41(25-47(49)70-5)55(68)62-39(28-57-43)23-37-14-8-10-16-45(37)62/h7-10,13-16,20-22,24-28,31-33,39H,11-12,17-19,23,29-30,56H2,1-6H3,(H,58,63)(H,59,65)(H,60,66)/t31-,32+,33+,39+/m1/s1. The number of amides is 5. The molecule has 5 aromatic rings. The highest BCUT2D eigenvalue weighted by atomic mass is 16.5. The third-order valence-electron chi connectivity index (χ3n) is 13.0. The van der Waals surface area contributed by atoms with Crippen LogP contribution in [0.15, 0.2) is 96.0 Å². The number of para-hydroxylation sites is 2. The normalized spacial score (nSPS) is 15.9. The SMILES string of the molecule is COC(=O)CCCCC(=O)N[C@@H](C)C(=O)N[C@@H](C)C(=O)Nc1cc(COc2cc(N)c(C(=O)N3c4ccccc4C[C@H]3C)cc2OC)cc(COc2cc3c(cc2OC)C(=O)N2c4ccccc4C[C@H]2C=N3)c1. The molecule has 5 amide bonds. The molecule has 8 rings (SSSR count). The highest BCUT2D eigenvalue weighted by molar-refractivity contribution is 6.15. The van der Waals surface area contributed by atoms with Crippen LogP contribution in [0.4, 0.5) is 28.4 Å². The minimum atomic E-state index is -1.03. The summed E-state index contributed by atoms with van der Waals surface area (Å²) in [5.41, 5.74) is 13.1. The summed E-state index contributed by atoms with van der Waals surface area (Å²) in [4.78, 5) is 87.0. The van der Waals surface area contributed by atoms with E-state index in [2.05, 4.69) is 20.7 Å². The van der Waals surface area contributed by atoms with Gasteiger partial charge in [-0.05, 0) is 105 Å². The number of methoxy groups -OCH3 is 3. The van der Waals surface area contributed by atoms with Crippen molar-refractivity contribution in [1.82, 2.24) is 10.6 Å². The highest BCUT2D eigenvalue weighted by Gasteiger charge is 2.37. The van der Waals surface area contributed by atoms with E-state index in [0.717, 1.165) is 22.5 Å². The number of esters is 1. The molecule has 5 N–H and O–H groups in total. The molecule has 3 aliphatic heterocycles. The molecule has 0 saturated carbocycles. The number of nitrogens with two attached hydrogens (primary N) is 1. The Morgan fingerprint density at radius 3 is 2.03 bits per heavy atom. The fourth-order valence-electron chi connectivity index (χ4n) is 9.24. The van der Waals surface area contributed by atoms with Gasteiger partial charge in [-0.2, -0.15) is 0 Å². The Morgan fingerprint density at radius 2 is 1.34 bits per heavy atom. The maximum Gasteiger partial charge on any atom is 0.305 e. The summed E-state index contributed by atoms with van der Waals surface area (Å²) in [5.74, 6) is -1.16. The van der Waals surface area contributed by atoms with Gasteiger partial charge >= 0.3 is 5.97 Å². The zero-order valence-electron chi connectivity index (χ0n) is 41.6. The van der Waals surface area contributed by atoms with Gasteiger partial charge in [-0.15, -0.1) is 0 Å². The van der Waals surface area contributed by atoms with Gasteiger partial charge in [-0.25, -0.2) is 0 Å². The molecule has 18 heteroatoms. The van der Waals surface area contributed by atoms with Crippen LogP contribution in [-0.2, 0) is 50.0 Å². The highest BCUT2D eigenvalue weighted by Crippen LogP contribution is 2.42. The summed E-state index contributed by atoms with van der Waals surface area (Å²) in [6, 6.07) is 24.9. The number of unbranched alkanes of at least 4 members (excludes halogenated alkanes) is 1. The molecule has 3 heterocycles. The van der Waals surface area contributed by atoms with Gasteiger partial charge in [0.25, 0.3) is 11.8 Å². The van der Waals surface area contributed by atoms with Crippen molar-refractivity contribution in [1.29, 1.82) is 0 Å². The third kappa shape index (κ3) is 11.4. The van der Waals surface area contributed by atoms with Gasteiger partial charge in [0, 0.05) is 66.4 Å². The second-order valence-electron chi connectivity index (χ2n) is 18.2. The van der Waals surface area contributed by atoms with Crippen LogP contribution < -0.4 is 50.4 Å². The molecule has 0 aliphatic carbocycles. The number of nitrogens with one attached hydrogen (secondary N) is 3. The van der Waals surface area contributed by atoms with Crippen LogP contribution >= 0.6 is 0 Å². The summed E-state index contributed by atoms with van der Waals surface area (Å²) in [6.45, 7) is 4.92. The van der Waals surface area contributed by atoms with E-state index >= 15 is 0 Å². The van der Waals surface area contributed by atoms with Crippen molar-refractivity contribution in [2.45, 2.75) is 96.7 Å². The largest absolute Gasteiger partial charge is 0.493 e. The average molecular weight is 994 g/mol. The molecule has 0 aromatic heterocycles. The molecule has 0 saturated heterocycles. The topological polar surface area (TPSA) is 230 Å². The molecule has 0 unspecified atom stereocenters. The molecule has 4 atom stereocenters. The van der Waals surface area contributed by atoms with Crippen LogP contribution in [0.2, 0.25) is 0 Å². The van der Waals surface area contributed by atoms with Crippen LogP contribution in [-0.4, -0.2) is 87.2 Å². The number of fused-ring (bicyclic) bond motifs is 5. The Balaban J connectivity index is 1.00. The fourth-order valence-corrected chi connectivity index (χ4v) is 9.24. The van der Waals surface area contributed by atoms with Crippen molar-refractivity contribution in [3.8, 4) is 23.0 Å². The number of nitrogen functional groups attached to an aromatic ring is 1. The van der Waals surface area contributed by atoms with Crippen LogP contribution in [0.3, 0.4) is 0 Å². The Labute approximate surface area is 423 Å². The van der Waals surface area contributed by atoms with Gasteiger partial charge in [-0.1, -0.05) is 36.4 Å². The number of ether oxygens (including phenoxy) is 5. The Kier molecular flexibility index (Phi) is 15.6. The molecule has 0 spiro atoms.